The van der Waals surface area contributed by atoms with Gasteiger partial charge in [-0.2, -0.15) is 0 Å². The predicted octanol–water partition coefficient (Wildman–Crippen LogP) is 0.524. The van der Waals surface area contributed by atoms with Gasteiger partial charge >= 0.3 is 0 Å². The van der Waals surface area contributed by atoms with Crippen LogP contribution < -0.4 is 16.0 Å². The van der Waals surface area contributed by atoms with Gasteiger partial charge in [0.1, 0.15) is 0 Å². The van der Waals surface area contributed by atoms with Gasteiger partial charge in [-0.05, 0) is 38.2 Å². The van der Waals surface area contributed by atoms with Gasteiger partial charge in [0.2, 0.25) is 0 Å². The molecule has 1 heterocycles. The molecule has 0 aromatic carbocycles. The van der Waals surface area contributed by atoms with E-state index in [1.54, 1.807) is 0 Å². The van der Waals surface area contributed by atoms with Gasteiger partial charge in [-0.15, -0.1) is 0 Å². The molecule has 0 aliphatic carbocycles. The number of rotatable bonds is 0. The molecule has 0 saturated heterocycles. The number of nitrogens with zero attached hydrogens (tertiary/aromatic N) is 1. The Morgan fingerprint density at radius 2 is 1.62 bits per heavy atom. The maximum Gasteiger partial charge on any atom is 0.0514 e. The standard InChI is InChI=1S/C12H24N4/c1-2-5-13-9-11-15-7-4-8-16-12-10-14-6-3-1/h4,7-8,13-15H,1-3,5-6,9-12H2. The molecule has 92 valence electrons. The first-order valence-corrected chi connectivity index (χ1v) is 6.30. The molecule has 0 fully saturated rings. The summed E-state index contributed by atoms with van der Waals surface area (Å²) in [4.78, 5) is 4.27. The highest BCUT2D eigenvalue weighted by atomic mass is 14.9. The summed E-state index contributed by atoms with van der Waals surface area (Å²) in [5.41, 5.74) is 0. The van der Waals surface area contributed by atoms with E-state index >= 15 is 0 Å². The van der Waals surface area contributed by atoms with Gasteiger partial charge in [0, 0.05) is 25.8 Å². The zero-order chi connectivity index (χ0) is 11.3. The average Bonchev–Trinajstić information content (AvgIpc) is 2.29. The summed E-state index contributed by atoms with van der Waals surface area (Å²) in [6.45, 7) is 6.10. The van der Waals surface area contributed by atoms with Crippen molar-refractivity contribution in [3.63, 3.8) is 0 Å². The van der Waals surface area contributed by atoms with Gasteiger partial charge in [-0.25, -0.2) is 0 Å². The summed E-state index contributed by atoms with van der Waals surface area (Å²) in [6, 6.07) is 0. The molecular weight excluding hydrogens is 200 g/mol. The highest BCUT2D eigenvalue weighted by Gasteiger charge is 1.90. The summed E-state index contributed by atoms with van der Waals surface area (Å²) in [7, 11) is 0. The third-order valence-corrected chi connectivity index (χ3v) is 2.48. The van der Waals surface area contributed by atoms with Crippen LogP contribution in [-0.2, 0) is 0 Å². The summed E-state index contributed by atoms with van der Waals surface area (Å²) in [5.74, 6) is 0. The summed E-state index contributed by atoms with van der Waals surface area (Å²) >= 11 is 0. The lowest BCUT2D eigenvalue weighted by Crippen LogP contribution is -2.25. The second kappa shape index (κ2) is 10.6. The second-order valence-electron chi connectivity index (χ2n) is 3.93. The Kier molecular flexibility index (Phi) is 8.78. The minimum atomic E-state index is 0.867. The van der Waals surface area contributed by atoms with Crippen LogP contribution in [0.3, 0.4) is 0 Å². The number of hydrogen-bond donors (Lipinski definition) is 3. The molecule has 0 aromatic rings. The lowest BCUT2D eigenvalue weighted by Gasteiger charge is -2.06. The Morgan fingerprint density at radius 1 is 0.812 bits per heavy atom. The van der Waals surface area contributed by atoms with Crippen molar-refractivity contribution in [3.8, 4) is 0 Å². The number of allylic oxidation sites excluding steroid dienone is 1. The van der Waals surface area contributed by atoms with Crippen LogP contribution in [0.25, 0.3) is 0 Å². The van der Waals surface area contributed by atoms with Crippen LogP contribution >= 0.6 is 0 Å². The molecule has 0 radical (unpaired) electrons. The normalized spacial score (nSPS) is 21.5. The zero-order valence-corrected chi connectivity index (χ0v) is 10.0. The smallest absolute Gasteiger partial charge is 0.0514 e. The fourth-order valence-corrected chi connectivity index (χ4v) is 1.56. The highest BCUT2D eigenvalue weighted by molar-refractivity contribution is 5.70. The van der Waals surface area contributed by atoms with E-state index in [1.165, 1.54) is 19.3 Å². The van der Waals surface area contributed by atoms with Gasteiger partial charge in [0.05, 0.1) is 6.54 Å². The third kappa shape index (κ3) is 8.44. The number of nitrogens with one attached hydrogen (secondary N) is 3. The van der Waals surface area contributed by atoms with Crippen molar-refractivity contribution in [2.75, 3.05) is 39.3 Å². The quantitative estimate of drug-likeness (QED) is 0.562. The minimum absolute atomic E-state index is 0.867. The van der Waals surface area contributed by atoms with Gasteiger partial charge in [-0.1, -0.05) is 6.42 Å². The first-order chi connectivity index (χ1) is 8.00. The summed E-state index contributed by atoms with van der Waals surface area (Å²) in [6.07, 6.45) is 9.60. The second-order valence-corrected chi connectivity index (χ2v) is 3.93. The third-order valence-electron chi connectivity index (χ3n) is 2.48. The largest absolute Gasteiger partial charge is 0.390 e. The van der Waals surface area contributed by atoms with E-state index in [0.717, 1.165) is 39.3 Å². The van der Waals surface area contributed by atoms with Crippen LogP contribution in [0.2, 0.25) is 0 Å². The topological polar surface area (TPSA) is 48.4 Å². The van der Waals surface area contributed by atoms with Crippen LogP contribution in [0.15, 0.2) is 17.3 Å². The van der Waals surface area contributed by atoms with E-state index in [4.69, 9.17) is 0 Å². The van der Waals surface area contributed by atoms with Crippen molar-refractivity contribution in [2.24, 2.45) is 4.99 Å². The Labute approximate surface area is 98.6 Å². The maximum atomic E-state index is 4.27. The molecule has 4 heteroatoms. The fourth-order valence-electron chi connectivity index (χ4n) is 1.56. The highest BCUT2D eigenvalue weighted by Crippen LogP contribution is 1.91. The van der Waals surface area contributed by atoms with Crippen LogP contribution in [0.5, 0.6) is 0 Å². The first kappa shape index (κ1) is 13.2. The van der Waals surface area contributed by atoms with E-state index < -0.39 is 0 Å². The van der Waals surface area contributed by atoms with Crippen LogP contribution in [0.4, 0.5) is 0 Å². The van der Waals surface area contributed by atoms with Crippen molar-refractivity contribution in [1.82, 2.24) is 16.0 Å². The first-order valence-electron chi connectivity index (χ1n) is 6.30. The van der Waals surface area contributed by atoms with Crippen LogP contribution in [-0.4, -0.2) is 45.5 Å². The molecular formula is C12H24N4. The molecule has 1 aliphatic heterocycles. The van der Waals surface area contributed by atoms with Gasteiger partial charge < -0.3 is 16.0 Å². The van der Waals surface area contributed by atoms with E-state index in [-0.39, 0.29) is 0 Å². The van der Waals surface area contributed by atoms with Crippen LogP contribution in [0.1, 0.15) is 19.3 Å². The molecule has 1 aliphatic rings. The molecule has 0 aromatic heterocycles. The monoisotopic (exact) mass is 224 g/mol. The Balaban J connectivity index is 2.15. The van der Waals surface area contributed by atoms with Crippen molar-refractivity contribution in [1.29, 1.82) is 0 Å². The lowest BCUT2D eigenvalue weighted by molar-refractivity contribution is 0.571. The molecule has 4 nitrogen and oxygen atoms in total. The number of hydrogen-bond acceptors (Lipinski definition) is 4. The zero-order valence-electron chi connectivity index (χ0n) is 10.0. The molecule has 3 N–H and O–H groups in total. The van der Waals surface area contributed by atoms with Crippen molar-refractivity contribution in [2.45, 2.75) is 19.3 Å². The maximum absolute atomic E-state index is 4.27. The molecule has 0 bridgehead atoms. The van der Waals surface area contributed by atoms with Gasteiger partial charge in [0.25, 0.3) is 0 Å². The molecule has 0 spiro atoms. The average molecular weight is 224 g/mol. The molecule has 0 atom stereocenters. The minimum Gasteiger partial charge on any atom is -0.390 e. The fraction of sp³-hybridized carbons (Fsp3) is 0.750. The summed E-state index contributed by atoms with van der Waals surface area (Å²) < 4.78 is 0. The van der Waals surface area contributed by atoms with E-state index in [9.17, 15) is 0 Å². The van der Waals surface area contributed by atoms with E-state index in [1.807, 2.05) is 18.5 Å². The summed E-state index contributed by atoms with van der Waals surface area (Å²) in [5, 5.41) is 10.0. The van der Waals surface area contributed by atoms with Gasteiger partial charge in [0.15, 0.2) is 0 Å². The molecule has 16 heavy (non-hydrogen) atoms. The van der Waals surface area contributed by atoms with Crippen molar-refractivity contribution < 1.29 is 0 Å². The predicted molar refractivity (Wildman–Crippen MR) is 70.1 cm³/mol. The molecule has 0 unspecified atom stereocenters. The van der Waals surface area contributed by atoms with E-state index in [2.05, 4.69) is 20.9 Å². The Bertz CT molecular complexity index is 179. The Hall–Kier alpha value is -0.870. The molecule has 0 saturated carbocycles. The molecule has 0 amide bonds. The van der Waals surface area contributed by atoms with Gasteiger partial charge in [-0.3, -0.25) is 4.99 Å². The SMILES string of the molecule is C1=CNCCNCCCCCNCCN=C1. The number of aliphatic imine (C=N–C) groups is 1. The molecule has 1 rings (SSSR count). The van der Waals surface area contributed by atoms with Crippen LogP contribution in [0, 0.1) is 0 Å². The van der Waals surface area contributed by atoms with E-state index in [0.29, 0.717) is 0 Å². The van der Waals surface area contributed by atoms with Crippen molar-refractivity contribution in [3.05, 3.63) is 12.3 Å². The Morgan fingerprint density at radius 3 is 2.50 bits per heavy atom. The van der Waals surface area contributed by atoms with Crippen molar-refractivity contribution >= 4 is 6.21 Å². The lowest BCUT2D eigenvalue weighted by atomic mass is 10.2.